The lowest BCUT2D eigenvalue weighted by Crippen LogP contribution is -2.17. The van der Waals surface area contributed by atoms with Gasteiger partial charge in [0.2, 0.25) is 0 Å². The average Bonchev–Trinajstić information content (AvgIpc) is 2.71. The molecule has 0 aromatic heterocycles. The van der Waals surface area contributed by atoms with Gasteiger partial charge in [0.1, 0.15) is 5.03 Å². The quantitative estimate of drug-likeness (QED) is 0.454. The minimum Gasteiger partial charge on any atom is -0.462 e. The molecule has 0 unspecified atom stereocenters. The molecule has 0 radical (unpaired) electrons. The van der Waals surface area contributed by atoms with Gasteiger partial charge in [-0.1, -0.05) is 11.6 Å². The van der Waals surface area contributed by atoms with Crippen LogP contribution in [-0.4, -0.2) is 35.4 Å². The Morgan fingerprint density at radius 1 is 1.33 bits per heavy atom. The fourth-order valence-corrected chi connectivity index (χ4v) is 2.19. The van der Waals surface area contributed by atoms with E-state index in [1.165, 1.54) is 0 Å². The molecule has 100 valence electrons. The Balaban J connectivity index is 2.84. The molecular formula is C10H13ClN2O4S. The summed E-state index contributed by atoms with van der Waals surface area (Å²) >= 11 is 6.81. The van der Waals surface area contributed by atoms with Crippen molar-refractivity contribution in [2.24, 2.45) is 5.10 Å². The normalized spacial score (nSPS) is 17.3. The molecule has 1 aliphatic heterocycles. The van der Waals surface area contributed by atoms with E-state index in [-0.39, 0.29) is 18.2 Å². The topological polar surface area (TPSA) is 68.2 Å². The molecule has 18 heavy (non-hydrogen) atoms. The Labute approximate surface area is 114 Å². The Morgan fingerprint density at radius 3 is 2.50 bits per heavy atom. The Morgan fingerprint density at radius 2 is 1.94 bits per heavy atom. The highest BCUT2D eigenvalue weighted by Crippen LogP contribution is 2.34. The van der Waals surface area contributed by atoms with Crippen LogP contribution in [0, 0.1) is 0 Å². The van der Waals surface area contributed by atoms with Crippen LogP contribution in [0.2, 0.25) is 0 Å². The van der Waals surface area contributed by atoms with Crippen LogP contribution >= 0.6 is 23.5 Å². The van der Waals surface area contributed by atoms with E-state index >= 15 is 0 Å². The Kier molecular flexibility index (Phi) is 5.49. The minimum absolute atomic E-state index is 0.0881. The smallest absolute Gasteiger partial charge is 0.441 e. The van der Waals surface area contributed by atoms with Gasteiger partial charge < -0.3 is 9.47 Å². The number of halogens is 1. The van der Waals surface area contributed by atoms with Crippen molar-refractivity contribution in [1.82, 2.24) is 4.41 Å². The molecule has 0 N–H and O–H groups in total. The number of carbonyl (C=O) groups excluding carboxylic acids is 2. The van der Waals surface area contributed by atoms with Crippen LogP contribution in [0.3, 0.4) is 0 Å². The van der Waals surface area contributed by atoms with Gasteiger partial charge in [0.05, 0.1) is 23.8 Å². The van der Waals surface area contributed by atoms with Gasteiger partial charge in [-0.05, 0) is 20.8 Å². The van der Waals surface area contributed by atoms with Gasteiger partial charge >= 0.3 is 12.1 Å². The summed E-state index contributed by atoms with van der Waals surface area (Å²) < 4.78 is 10.6. The number of nitrogens with zero attached hydrogens (tertiary/aromatic N) is 2. The van der Waals surface area contributed by atoms with Crippen molar-refractivity contribution in [3.8, 4) is 0 Å². The van der Waals surface area contributed by atoms with Crippen molar-refractivity contribution < 1.29 is 19.1 Å². The molecule has 1 heterocycles. The number of carbonyl (C=O) groups is 2. The van der Waals surface area contributed by atoms with E-state index in [0.29, 0.717) is 10.6 Å². The second-order valence-corrected chi connectivity index (χ2v) is 4.43. The second kappa shape index (κ2) is 6.65. The molecule has 0 spiro atoms. The lowest BCUT2D eigenvalue weighted by molar-refractivity contribution is -0.137. The third kappa shape index (κ3) is 3.39. The Hall–Kier alpha value is -1.21. The predicted molar refractivity (Wildman–Crippen MR) is 69.1 cm³/mol. The van der Waals surface area contributed by atoms with Crippen LogP contribution in [0.5, 0.6) is 0 Å². The molecule has 0 bridgehead atoms. The number of hydrazone groups is 1. The molecule has 6 nitrogen and oxygen atoms in total. The van der Waals surface area contributed by atoms with Crippen molar-refractivity contribution in [2.45, 2.75) is 20.8 Å². The second-order valence-electron chi connectivity index (χ2n) is 3.11. The zero-order chi connectivity index (χ0) is 13.7. The molecular weight excluding hydrogens is 280 g/mol. The summed E-state index contributed by atoms with van der Waals surface area (Å²) in [5, 5.41) is 3.85. The van der Waals surface area contributed by atoms with E-state index in [1.54, 1.807) is 20.8 Å². The maximum Gasteiger partial charge on any atom is 0.441 e. The van der Waals surface area contributed by atoms with Crippen molar-refractivity contribution in [2.75, 3.05) is 13.2 Å². The summed E-state index contributed by atoms with van der Waals surface area (Å²) in [5.74, 6) is -0.637. The SMILES string of the molecule is CCOC(=O)/C(Cl)=C1\SN(C(=O)OCC)N=C1C. The molecule has 0 saturated carbocycles. The van der Waals surface area contributed by atoms with Crippen LogP contribution in [-0.2, 0) is 14.3 Å². The average molecular weight is 293 g/mol. The summed E-state index contributed by atoms with van der Waals surface area (Å²) in [4.78, 5) is 23.3. The highest BCUT2D eigenvalue weighted by atomic mass is 35.5. The largest absolute Gasteiger partial charge is 0.462 e. The summed E-state index contributed by atoms with van der Waals surface area (Å²) in [5.41, 5.74) is 0.464. The first-order chi connectivity index (χ1) is 8.51. The highest BCUT2D eigenvalue weighted by molar-refractivity contribution is 8.02. The van der Waals surface area contributed by atoms with Gasteiger partial charge in [0.25, 0.3) is 0 Å². The van der Waals surface area contributed by atoms with Gasteiger partial charge in [0, 0.05) is 11.9 Å². The van der Waals surface area contributed by atoms with Crippen molar-refractivity contribution in [1.29, 1.82) is 0 Å². The van der Waals surface area contributed by atoms with E-state index in [9.17, 15) is 9.59 Å². The fraction of sp³-hybridized carbons (Fsp3) is 0.500. The molecule has 0 aromatic carbocycles. The van der Waals surface area contributed by atoms with Crippen LogP contribution in [0.25, 0.3) is 0 Å². The van der Waals surface area contributed by atoms with E-state index in [1.807, 2.05) is 0 Å². The monoisotopic (exact) mass is 292 g/mol. The summed E-state index contributed by atoms with van der Waals surface area (Å²) in [7, 11) is 0. The third-order valence-electron chi connectivity index (χ3n) is 1.83. The van der Waals surface area contributed by atoms with E-state index in [2.05, 4.69) is 5.10 Å². The first-order valence-electron chi connectivity index (χ1n) is 5.28. The number of allylic oxidation sites excluding steroid dienone is 1. The molecule has 1 rings (SSSR count). The number of hydrogen-bond donors (Lipinski definition) is 0. The van der Waals surface area contributed by atoms with Gasteiger partial charge in [0.15, 0.2) is 0 Å². The number of amides is 1. The third-order valence-corrected chi connectivity index (χ3v) is 3.37. The van der Waals surface area contributed by atoms with Crippen molar-refractivity contribution >= 4 is 41.3 Å². The standard InChI is InChI=1S/C10H13ClN2O4S/c1-4-16-9(14)7(11)8-6(3)12-13(18-8)10(15)17-5-2/h4-5H2,1-3H3/b8-7+. The highest BCUT2D eigenvalue weighted by Gasteiger charge is 2.29. The molecule has 8 heteroatoms. The van der Waals surface area contributed by atoms with Gasteiger partial charge in [-0.3, -0.25) is 0 Å². The van der Waals surface area contributed by atoms with E-state index in [0.717, 1.165) is 16.4 Å². The van der Waals surface area contributed by atoms with E-state index < -0.39 is 12.1 Å². The lowest BCUT2D eigenvalue weighted by Gasteiger charge is -2.09. The maximum absolute atomic E-state index is 11.5. The first-order valence-corrected chi connectivity index (χ1v) is 6.43. The van der Waals surface area contributed by atoms with Crippen LogP contribution < -0.4 is 0 Å². The first kappa shape index (κ1) is 14.8. The number of hydrogen-bond acceptors (Lipinski definition) is 6. The van der Waals surface area contributed by atoms with Crippen LogP contribution in [0.1, 0.15) is 20.8 Å². The zero-order valence-electron chi connectivity index (χ0n) is 10.2. The fourth-order valence-electron chi connectivity index (χ4n) is 1.10. The number of rotatable bonds is 3. The number of esters is 1. The molecule has 0 aromatic rings. The molecule has 1 amide bonds. The summed E-state index contributed by atoms with van der Waals surface area (Å²) in [6.45, 7) is 5.49. The van der Waals surface area contributed by atoms with Crippen molar-refractivity contribution in [3.05, 3.63) is 9.94 Å². The molecule has 0 aliphatic carbocycles. The van der Waals surface area contributed by atoms with Crippen LogP contribution in [0.15, 0.2) is 15.0 Å². The van der Waals surface area contributed by atoms with Gasteiger partial charge in [-0.2, -0.15) is 5.10 Å². The summed E-state index contributed by atoms with van der Waals surface area (Å²) in [6, 6.07) is 0. The lowest BCUT2D eigenvalue weighted by atomic mass is 10.3. The van der Waals surface area contributed by atoms with Gasteiger partial charge in [-0.15, -0.1) is 4.41 Å². The minimum atomic E-state index is -0.637. The maximum atomic E-state index is 11.5. The van der Waals surface area contributed by atoms with Crippen molar-refractivity contribution in [3.63, 3.8) is 0 Å². The molecule has 0 atom stereocenters. The van der Waals surface area contributed by atoms with E-state index in [4.69, 9.17) is 21.1 Å². The van der Waals surface area contributed by atoms with Crippen LogP contribution in [0.4, 0.5) is 4.79 Å². The summed E-state index contributed by atoms with van der Waals surface area (Å²) in [6.07, 6.45) is -0.606. The molecule has 0 fully saturated rings. The Bertz CT molecular complexity index is 422. The molecule has 0 saturated heterocycles. The predicted octanol–water partition coefficient (Wildman–Crippen LogP) is 2.50. The molecule has 1 aliphatic rings. The zero-order valence-corrected chi connectivity index (χ0v) is 11.8. The van der Waals surface area contributed by atoms with Gasteiger partial charge in [-0.25, -0.2) is 9.59 Å². The number of ether oxygens (including phenoxy) is 2.